The molecule has 1 aromatic carbocycles. The fourth-order valence-electron chi connectivity index (χ4n) is 2.95. The third-order valence-corrected chi connectivity index (χ3v) is 5.63. The summed E-state index contributed by atoms with van der Waals surface area (Å²) in [5.41, 5.74) is 2.72. The SMILES string of the molecule is CNS(=O)(=O)c1ccc(N(C)C2CCc3ccccc32)nc1. The summed E-state index contributed by atoms with van der Waals surface area (Å²) < 4.78 is 25.8. The molecule has 22 heavy (non-hydrogen) atoms. The molecule has 1 aromatic heterocycles. The number of anilines is 1. The van der Waals surface area contributed by atoms with Crippen LogP contribution in [0.2, 0.25) is 0 Å². The molecule has 0 spiro atoms. The van der Waals surface area contributed by atoms with Gasteiger partial charge < -0.3 is 4.90 Å². The Hall–Kier alpha value is -1.92. The van der Waals surface area contributed by atoms with E-state index < -0.39 is 10.0 Å². The molecule has 0 aliphatic heterocycles. The summed E-state index contributed by atoms with van der Waals surface area (Å²) in [6.45, 7) is 0. The van der Waals surface area contributed by atoms with Crippen LogP contribution < -0.4 is 9.62 Å². The van der Waals surface area contributed by atoms with Crippen LogP contribution in [0.5, 0.6) is 0 Å². The second-order valence-corrected chi connectivity index (χ2v) is 7.31. The molecule has 5 nitrogen and oxygen atoms in total. The second-order valence-electron chi connectivity index (χ2n) is 5.42. The Labute approximate surface area is 131 Å². The number of aromatic nitrogens is 1. The number of hydrogen-bond donors (Lipinski definition) is 1. The first-order valence-corrected chi connectivity index (χ1v) is 8.71. The van der Waals surface area contributed by atoms with Gasteiger partial charge in [0.1, 0.15) is 10.7 Å². The van der Waals surface area contributed by atoms with Gasteiger partial charge in [0.25, 0.3) is 0 Å². The van der Waals surface area contributed by atoms with Gasteiger partial charge in [0.15, 0.2) is 0 Å². The monoisotopic (exact) mass is 317 g/mol. The first-order chi connectivity index (χ1) is 10.5. The summed E-state index contributed by atoms with van der Waals surface area (Å²) in [6.07, 6.45) is 3.52. The van der Waals surface area contributed by atoms with Crippen LogP contribution in [0, 0.1) is 0 Å². The molecular weight excluding hydrogens is 298 g/mol. The molecule has 0 saturated heterocycles. The van der Waals surface area contributed by atoms with E-state index in [0.717, 1.165) is 18.7 Å². The Kier molecular flexibility index (Phi) is 3.88. The summed E-state index contributed by atoms with van der Waals surface area (Å²) >= 11 is 0. The third kappa shape index (κ3) is 2.60. The quantitative estimate of drug-likeness (QED) is 0.938. The highest BCUT2D eigenvalue weighted by atomic mass is 32.2. The van der Waals surface area contributed by atoms with Crippen molar-refractivity contribution in [3.63, 3.8) is 0 Å². The molecule has 0 fully saturated rings. The molecule has 0 bridgehead atoms. The standard InChI is InChI=1S/C16H19N3O2S/c1-17-22(20,21)13-8-10-16(18-11-13)19(2)15-9-7-12-5-3-4-6-14(12)15/h3-6,8,10-11,15,17H,7,9H2,1-2H3. The van der Waals surface area contributed by atoms with Gasteiger partial charge in [0, 0.05) is 13.2 Å². The normalized spacial score (nSPS) is 17.3. The highest BCUT2D eigenvalue weighted by Gasteiger charge is 2.26. The van der Waals surface area contributed by atoms with Gasteiger partial charge in [-0.2, -0.15) is 0 Å². The minimum absolute atomic E-state index is 0.180. The average molecular weight is 317 g/mol. The van der Waals surface area contributed by atoms with Gasteiger partial charge in [-0.1, -0.05) is 24.3 Å². The van der Waals surface area contributed by atoms with Crippen LogP contribution in [0.25, 0.3) is 0 Å². The maximum Gasteiger partial charge on any atom is 0.241 e. The predicted molar refractivity (Wildman–Crippen MR) is 86.4 cm³/mol. The zero-order valence-corrected chi connectivity index (χ0v) is 13.5. The minimum atomic E-state index is -3.44. The van der Waals surface area contributed by atoms with Crippen LogP contribution in [0.15, 0.2) is 47.5 Å². The number of hydrogen-bond acceptors (Lipinski definition) is 4. The smallest absolute Gasteiger partial charge is 0.241 e. The lowest BCUT2D eigenvalue weighted by Gasteiger charge is -2.26. The van der Waals surface area contributed by atoms with Gasteiger partial charge in [-0.05, 0) is 43.1 Å². The van der Waals surface area contributed by atoms with E-state index in [2.05, 4.69) is 38.9 Å². The molecule has 0 amide bonds. The lowest BCUT2D eigenvalue weighted by Crippen LogP contribution is -2.24. The molecule has 6 heteroatoms. The van der Waals surface area contributed by atoms with Crippen molar-refractivity contribution in [1.29, 1.82) is 0 Å². The Morgan fingerprint density at radius 3 is 2.68 bits per heavy atom. The largest absolute Gasteiger partial charge is 0.353 e. The number of aryl methyl sites for hydroxylation is 1. The highest BCUT2D eigenvalue weighted by Crippen LogP contribution is 2.36. The summed E-state index contributed by atoms with van der Waals surface area (Å²) in [5, 5.41) is 0. The zero-order valence-electron chi connectivity index (χ0n) is 12.7. The van der Waals surface area contributed by atoms with Crippen molar-refractivity contribution >= 4 is 15.8 Å². The average Bonchev–Trinajstić information content (AvgIpc) is 2.98. The van der Waals surface area contributed by atoms with Crippen LogP contribution in [0.3, 0.4) is 0 Å². The fraction of sp³-hybridized carbons (Fsp3) is 0.312. The Bertz CT molecular complexity index is 772. The Balaban J connectivity index is 1.86. The van der Waals surface area contributed by atoms with Crippen molar-refractivity contribution in [2.24, 2.45) is 0 Å². The van der Waals surface area contributed by atoms with Gasteiger partial charge in [-0.15, -0.1) is 0 Å². The second kappa shape index (κ2) is 5.70. The molecule has 1 N–H and O–H groups in total. The van der Waals surface area contributed by atoms with E-state index in [1.807, 2.05) is 7.05 Å². The highest BCUT2D eigenvalue weighted by molar-refractivity contribution is 7.89. The number of nitrogens with one attached hydrogen (secondary N) is 1. The van der Waals surface area contributed by atoms with Gasteiger partial charge >= 0.3 is 0 Å². The number of nitrogens with zero attached hydrogens (tertiary/aromatic N) is 2. The third-order valence-electron chi connectivity index (χ3n) is 4.23. The summed E-state index contributed by atoms with van der Waals surface area (Å²) in [7, 11) is -0.0443. The van der Waals surface area contributed by atoms with Crippen LogP contribution in [-0.4, -0.2) is 27.5 Å². The number of pyridine rings is 1. The molecule has 2 aromatic rings. The van der Waals surface area contributed by atoms with Gasteiger partial charge in [0.2, 0.25) is 10.0 Å². The molecular formula is C16H19N3O2S. The maximum absolute atomic E-state index is 11.7. The fourth-order valence-corrected chi connectivity index (χ4v) is 3.63. The number of benzene rings is 1. The van der Waals surface area contributed by atoms with Gasteiger partial charge in [-0.3, -0.25) is 0 Å². The molecule has 1 atom stereocenters. The number of rotatable bonds is 4. The van der Waals surface area contributed by atoms with Crippen molar-refractivity contribution in [3.05, 3.63) is 53.7 Å². The van der Waals surface area contributed by atoms with Crippen LogP contribution in [-0.2, 0) is 16.4 Å². The van der Waals surface area contributed by atoms with Gasteiger partial charge in [0.05, 0.1) is 6.04 Å². The Morgan fingerprint density at radius 2 is 2.00 bits per heavy atom. The van der Waals surface area contributed by atoms with E-state index in [9.17, 15) is 8.42 Å². The van der Waals surface area contributed by atoms with Crippen molar-refractivity contribution in [2.45, 2.75) is 23.8 Å². The van der Waals surface area contributed by atoms with E-state index in [1.54, 1.807) is 12.1 Å². The topological polar surface area (TPSA) is 62.3 Å². The summed E-state index contributed by atoms with van der Waals surface area (Å²) in [5.74, 6) is 0.775. The summed E-state index contributed by atoms with van der Waals surface area (Å²) in [6, 6.07) is 12.1. The molecule has 1 unspecified atom stereocenters. The molecule has 0 saturated carbocycles. The van der Waals surface area contributed by atoms with Crippen LogP contribution >= 0.6 is 0 Å². The summed E-state index contributed by atoms with van der Waals surface area (Å²) in [4.78, 5) is 6.61. The van der Waals surface area contributed by atoms with Crippen molar-refractivity contribution in [1.82, 2.24) is 9.71 Å². The van der Waals surface area contributed by atoms with Gasteiger partial charge in [-0.25, -0.2) is 18.1 Å². The first kappa shape index (κ1) is 15.0. The first-order valence-electron chi connectivity index (χ1n) is 7.23. The minimum Gasteiger partial charge on any atom is -0.353 e. The van der Waals surface area contributed by atoms with Crippen molar-refractivity contribution in [3.8, 4) is 0 Å². The molecule has 3 rings (SSSR count). The van der Waals surface area contributed by atoms with E-state index in [0.29, 0.717) is 0 Å². The molecule has 1 aliphatic carbocycles. The molecule has 0 radical (unpaired) electrons. The van der Waals surface area contributed by atoms with Crippen molar-refractivity contribution in [2.75, 3.05) is 19.0 Å². The van der Waals surface area contributed by atoms with Crippen molar-refractivity contribution < 1.29 is 8.42 Å². The number of fused-ring (bicyclic) bond motifs is 1. The maximum atomic E-state index is 11.7. The lowest BCUT2D eigenvalue weighted by atomic mass is 10.1. The molecule has 1 aliphatic rings. The number of sulfonamides is 1. The van der Waals surface area contributed by atoms with Crippen LogP contribution in [0.4, 0.5) is 5.82 Å². The van der Waals surface area contributed by atoms with E-state index in [1.165, 1.54) is 24.4 Å². The zero-order chi connectivity index (χ0) is 15.7. The van der Waals surface area contributed by atoms with E-state index in [-0.39, 0.29) is 10.9 Å². The molecule has 1 heterocycles. The lowest BCUT2D eigenvalue weighted by molar-refractivity contribution is 0.587. The van der Waals surface area contributed by atoms with E-state index in [4.69, 9.17) is 0 Å². The Morgan fingerprint density at radius 1 is 1.23 bits per heavy atom. The predicted octanol–water partition coefficient (Wildman–Crippen LogP) is 2.11. The molecule has 116 valence electrons. The van der Waals surface area contributed by atoms with E-state index >= 15 is 0 Å². The van der Waals surface area contributed by atoms with Crippen LogP contribution in [0.1, 0.15) is 23.6 Å².